The number of furan rings is 2. The number of hydrogen-bond donors (Lipinski definition) is 1. The van der Waals surface area contributed by atoms with E-state index in [1.165, 1.54) is 4.88 Å². The average molecular weight is 355 g/mol. The van der Waals surface area contributed by atoms with Crippen molar-refractivity contribution in [1.29, 1.82) is 0 Å². The van der Waals surface area contributed by atoms with Crippen molar-refractivity contribution in [2.75, 3.05) is 6.54 Å². The van der Waals surface area contributed by atoms with Gasteiger partial charge in [-0.05, 0) is 48.6 Å². The van der Waals surface area contributed by atoms with Crippen LogP contribution in [0.2, 0.25) is 0 Å². The average Bonchev–Trinajstić information content (AvgIpc) is 3.44. The predicted octanol–water partition coefficient (Wildman–Crippen LogP) is 4.69. The molecule has 1 saturated carbocycles. The summed E-state index contributed by atoms with van der Waals surface area (Å²) in [5, 5.41) is 5.23. The van der Waals surface area contributed by atoms with Crippen molar-refractivity contribution in [3.8, 4) is 0 Å². The van der Waals surface area contributed by atoms with Gasteiger partial charge in [-0.1, -0.05) is 18.9 Å². The van der Waals surface area contributed by atoms with Gasteiger partial charge in [0.05, 0.1) is 23.9 Å². The molecular formula is C20H21NO3S. The van der Waals surface area contributed by atoms with Gasteiger partial charge in [0.1, 0.15) is 11.5 Å². The molecule has 4 rings (SSSR count). The van der Waals surface area contributed by atoms with E-state index in [2.05, 4.69) is 16.8 Å². The summed E-state index contributed by atoms with van der Waals surface area (Å²) < 4.78 is 11.1. The molecule has 0 radical (unpaired) electrons. The van der Waals surface area contributed by atoms with E-state index in [-0.39, 0.29) is 17.2 Å². The minimum Gasteiger partial charge on any atom is -0.469 e. The summed E-state index contributed by atoms with van der Waals surface area (Å²) in [6, 6.07) is 11.7. The Morgan fingerprint density at radius 2 is 1.76 bits per heavy atom. The lowest BCUT2D eigenvalue weighted by Gasteiger charge is -2.27. The fourth-order valence-electron chi connectivity index (χ4n) is 3.80. The highest BCUT2D eigenvalue weighted by Gasteiger charge is 2.43. The van der Waals surface area contributed by atoms with Crippen LogP contribution in [-0.2, 0) is 10.2 Å². The quantitative estimate of drug-likeness (QED) is 0.697. The minimum atomic E-state index is -0.370. The Balaban J connectivity index is 1.53. The Kier molecular flexibility index (Phi) is 4.49. The molecule has 1 N–H and O–H groups in total. The van der Waals surface area contributed by atoms with Gasteiger partial charge in [0.25, 0.3) is 0 Å². The molecule has 1 fully saturated rings. The molecule has 3 heterocycles. The largest absolute Gasteiger partial charge is 0.469 e. The first-order valence-electron chi connectivity index (χ1n) is 8.69. The minimum absolute atomic E-state index is 0.115. The van der Waals surface area contributed by atoms with E-state index in [4.69, 9.17) is 8.83 Å². The van der Waals surface area contributed by atoms with Gasteiger partial charge in [-0.2, -0.15) is 0 Å². The first kappa shape index (κ1) is 16.2. The van der Waals surface area contributed by atoms with Crippen molar-refractivity contribution >= 4 is 17.2 Å². The third-order valence-corrected chi connectivity index (χ3v) is 6.20. The number of hydrogen-bond acceptors (Lipinski definition) is 4. The van der Waals surface area contributed by atoms with Gasteiger partial charge in [0.2, 0.25) is 5.91 Å². The lowest BCUT2D eigenvalue weighted by Crippen LogP contribution is -2.43. The molecule has 0 aromatic carbocycles. The molecule has 4 nitrogen and oxygen atoms in total. The normalized spacial score (nSPS) is 16.4. The van der Waals surface area contributed by atoms with Gasteiger partial charge in [-0.15, -0.1) is 11.3 Å². The van der Waals surface area contributed by atoms with E-state index in [9.17, 15) is 4.79 Å². The molecule has 1 aliphatic rings. The standard InChI is InChI=1S/C20H21NO3S/c22-19(20(9-1-2-10-20)18-8-5-13-25-18)21-14-15(16-6-3-11-23-16)17-7-4-12-24-17/h3-8,11-13,15H,1-2,9-10,14H2,(H,21,22). The van der Waals surface area contributed by atoms with Crippen molar-refractivity contribution < 1.29 is 13.6 Å². The van der Waals surface area contributed by atoms with Crippen LogP contribution in [-0.4, -0.2) is 12.5 Å². The molecule has 3 aromatic rings. The summed E-state index contributed by atoms with van der Waals surface area (Å²) in [5.74, 6) is 1.60. The number of rotatable bonds is 6. The third kappa shape index (κ3) is 3.04. The Morgan fingerprint density at radius 3 is 2.28 bits per heavy atom. The van der Waals surface area contributed by atoms with E-state index < -0.39 is 0 Å². The molecule has 5 heteroatoms. The summed E-state index contributed by atoms with van der Waals surface area (Å²) in [5.41, 5.74) is -0.370. The van der Waals surface area contributed by atoms with Crippen molar-refractivity contribution in [2.24, 2.45) is 0 Å². The van der Waals surface area contributed by atoms with E-state index in [1.807, 2.05) is 30.3 Å². The molecule has 130 valence electrons. The lowest BCUT2D eigenvalue weighted by molar-refractivity contribution is -0.126. The Labute approximate surface area is 150 Å². The lowest BCUT2D eigenvalue weighted by atomic mass is 9.83. The van der Waals surface area contributed by atoms with Crippen molar-refractivity contribution in [1.82, 2.24) is 5.32 Å². The van der Waals surface area contributed by atoms with Gasteiger partial charge in [0, 0.05) is 11.4 Å². The molecule has 0 aliphatic heterocycles. The summed E-state index contributed by atoms with van der Waals surface area (Å²) in [4.78, 5) is 14.3. The zero-order valence-corrected chi connectivity index (χ0v) is 14.8. The van der Waals surface area contributed by atoms with Crippen LogP contribution in [0, 0.1) is 0 Å². The molecular weight excluding hydrogens is 334 g/mol. The maximum atomic E-state index is 13.1. The number of nitrogens with one attached hydrogen (secondary N) is 1. The van der Waals surface area contributed by atoms with Crippen LogP contribution in [0.4, 0.5) is 0 Å². The molecule has 0 saturated heterocycles. The summed E-state index contributed by atoms with van der Waals surface area (Å²) in [7, 11) is 0. The van der Waals surface area contributed by atoms with Gasteiger partial charge in [-0.25, -0.2) is 0 Å². The maximum absolute atomic E-state index is 13.1. The monoisotopic (exact) mass is 355 g/mol. The Bertz CT molecular complexity index is 750. The Morgan fingerprint density at radius 1 is 1.08 bits per heavy atom. The highest BCUT2D eigenvalue weighted by atomic mass is 32.1. The first-order valence-corrected chi connectivity index (χ1v) is 9.57. The van der Waals surface area contributed by atoms with Crippen LogP contribution in [0.15, 0.2) is 63.1 Å². The molecule has 3 aromatic heterocycles. The zero-order chi connectivity index (χ0) is 17.1. The number of amides is 1. The topological polar surface area (TPSA) is 55.4 Å². The molecule has 1 amide bonds. The summed E-state index contributed by atoms with van der Waals surface area (Å²) in [6.45, 7) is 0.465. The van der Waals surface area contributed by atoms with Crippen LogP contribution in [0.5, 0.6) is 0 Å². The third-order valence-electron chi connectivity index (χ3n) is 5.12. The SMILES string of the molecule is O=C(NCC(c1ccco1)c1ccco1)C1(c2cccs2)CCCC1. The van der Waals surface area contributed by atoms with Crippen LogP contribution >= 0.6 is 11.3 Å². The van der Waals surface area contributed by atoms with Crippen LogP contribution in [0.25, 0.3) is 0 Å². The number of carbonyl (C=O) groups is 1. The van der Waals surface area contributed by atoms with E-state index in [0.29, 0.717) is 6.54 Å². The van der Waals surface area contributed by atoms with Gasteiger partial charge in [-0.3, -0.25) is 4.79 Å². The van der Waals surface area contributed by atoms with Crippen molar-refractivity contribution in [3.05, 3.63) is 70.7 Å². The van der Waals surface area contributed by atoms with Gasteiger partial charge < -0.3 is 14.2 Å². The summed E-state index contributed by atoms with van der Waals surface area (Å²) in [6.07, 6.45) is 7.35. The maximum Gasteiger partial charge on any atom is 0.231 e. The van der Waals surface area contributed by atoms with E-state index in [0.717, 1.165) is 37.2 Å². The summed E-state index contributed by atoms with van der Waals surface area (Å²) >= 11 is 1.68. The van der Waals surface area contributed by atoms with E-state index >= 15 is 0 Å². The van der Waals surface area contributed by atoms with Crippen molar-refractivity contribution in [2.45, 2.75) is 37.0 Å². The smallest absolute Gasteiger partial charge is 0.231 e. The second-order valence-electron chi connectivity index (χ2n) is 6.56. The predicted molar refractivity (Wildman–Crippen MR) is 96.7 cm³/mol. The molecule has 25 heavy (non-hydrogen) atoms. The molecule has 0 unspecified atom stereocenters. The molecule has 0 bridgehead atoms. The second kappa shape index (κ2) is 6.92. The Hall–Kier alpha value is -2.27. The highest BCUT2D eigenvalue weighted by Crippen LogP contribution is 2.43. The number of carbonyl (C=O) groups excluding carboxylic acids is 1. The zero-order valence-electron chi connectivity index (χ0n) is 13.9. The fraction of sp³-hybridized carbons (Fsp3) is 0.350. The fourth-order valence-corrected chi connectivity index (χ4v) is 4.78. The second-order valence-corrected chi connectivity index (χ2v) is 7.51. The van der Waals surface area contributed by atoms with Gasteiger partial charge in [0.15, 0.2) is 0 Å². The van der Waals surface area contributed by atoms with E-state index in [1.54, 1.807) is 23.9 Å². The van der Waals surface area contributed by atoms with Crippen molar-refractivity contribution in [3.63, 3.8) is 0 Å². The van der Waals surface area contributed by atoms with Crippen LogP contribution < -0.4 is 5.32 Å². The number of thiophene rings is 1. The molecule has 1 aliphatic carbocycles. The van der Waals surface area contributed by atoms with Crippen LogP contribution in [0.1, 0.15) is 48.0 Å². The van der Waals surface area contributed by atoms with Gasteiger partial charge >= 0.3 is 0 Å². The molecule has 0 atom stereocenters. The van der Waals surface area contributed by atoms with Crippen LogP contribution in [0.3, 0.4) is 0 Å². The first-order chi connectivity index (χ1) is 12.3. The highest BCUT2D eigenvalue weighted by molar-refractivity contribution is 7.10. The molecule has 0 spiro atoms.